The smallest absolute Gasteiger partial charge is 0.250 e. The number of hydrogen-bond donors (Lipinski definition) is 1. The van der Waals surface area contributed by atoms with Gasteiger partial charge in [-0.25, -0.2) is 0 Å². The van der Waals surface area contributed by atoms with Gasteiger partial charge in [-0.3, -0.25) is 9.59 Å². The van der Waals surface area contributed by atoms with Crippen LogP contribution in [0.15, 0.2) is 23.1 Å². The van der Waals surface area contributed by atoms with Gasteiger partial charge in [0.2, 0.25) is 5.91 Å². The van der Waals surface area contributed by atoms with E-state index < -0.39 is 0 Å². The van der Waals surface area contributed by atoms with Crippen LogP contribution in [0.25, 0.3) is 0 Å². The van der Waals surface area contributed by atoms with Crippen molar-refractivity contribution in [2.45, 2.75) is 13.5 Å². The standard InChI is InChI=1S/C9H11BrN2O2/c1-2-12-6-7(3-4-9(12)14)11-8(13)5-10/h3-4,6H,2,5H2,1H3,(H,11,13). The Morgan fingerprint density at radius 2 is 2.29 bits per heavy atom. The molecule has 76 valence electrons. The Bertz CT molecular complexity index is 387. The predicted octanol–water partition coefficient (Wildman–Crippen LogP) is 1.20. The maximum Gasteiger partial charge on any atom is 0.250 e. The molecule has 0 unspecified atom stereocenters. The summed E-state index contributed by atoms with van der Waals surface area (Å²) >= 11 is 3.04. The molecule has 0 bridgehead atoms. The second kappa shape index (κ2) is 4.95. The minimum absolute atomic E-state index is 0.0654. The molecule has 4 nitrogen and oxygen atoms in total. The summed E-state index contributed by atoms with van der Waals surface area (Å²) in [5, 5.41) is 2.90. The van der Waals surface area contributed by atoms with Crippen LogP contribution in [0.1, 0.15) is 6.92 Å². The van der Waals surface area contributed by atoms with Crippen LogP contribution in [0.3, 0.4) is 0 Å². The number of alkyl halides is 1. The number of halogens is 1. The lowest BCUT2D eigenvalue weighted by atomic mass is 10.4. The quantitative estimate of drug-likeness (QED) is 0.829. The second-order valence-electron chi connectivity index (χ2n) is 2.72. The number of aryl methyl sites for hydroxylation is 1. The number of amides is 1. The Balaban J connectivity index is 2.90. The average Bonchev–Trinajstić information content (AvgIpc) is 2.20. The minimum Gasteiger partial charge on any atom is -0.324 e. The number of nitrogens with zero attached hydrogens (tertiary/aromatic N) is 1. The Morgan fingerprint density at radius 1 is 1.57 bits per heavy atom. The van der Waals surface area contributed by atoms with Gasteiger partial charge >= 0.3 is 0 Å². The molecule has 14 heavy (non-hydrogen) atoms. The van der Waals surface area contributed by atoms with Crippen molar-refractivity contribution in [3.63, 3.8) is 0 Å². The number of rotatable bonds is 3. The Morgan fingerprint density at radius 3 is 2.86 bits per heavy atom. The van der Waals surface area contributed by atoms with Crippen LogP contribution in [0.4, 0.5) is 5.69 Å². The van der Waals surface area contributed by atoms with Gasteiger partial charge < -0.3 is 9.88 Å². The molecular weight excluding hydrogens is 248 g/mol. The maximum absolute atomic E-state index is 11.2. The molecule has 0 aliphatic rings. The largest absolute Gasteiger partial charge is 0.324 e. The molecule has 0 atom stereocenters. The molecule has 1 heterocycles. The van der Waals surface area contributed by atoms with Crippen LogP contribution in [-0.4, -0.2) is 15.8 Å². The minimum atomic E-state index is -0.133. The molecule has 0 saturated carbocycles. The topological polar surface area (TPSA) is 51.1 Å². The first-order valence-electron chi connectivity index (χ1n) is 4.23. The molecule has 1 aromatic heterocycles. The Hall–Kier alpha value is -1.10. The molecule has 0 aliphatic heterocycles. The summed E-state index contributed by atoms with van der Waals surface area (Å²) in [5.74, 6) is -0.133. The number of nitrogens with one attached hydrogen (secondary N) is 1. The fraction of sp³-hybridized carbons (Fsp3) is 0.333. The van der Waals surface area contributed by atoms with E-state index in [9.17, 15) is 9.59 Å². The highest BCUT2D eigenvalue weighted by Crippen LogP contribution is 2.03. The highest BCUT2D eigenvalue weighted by Gasteiger charge is 2.00. The zero-order chi connectivity index (χ0) is 10.6. The van der Waals surface area contributed by atoms with Gasteiger partial charge in [0, 0.05) is 18.8 Å². The fourth-order valence-corrected chi connectivity index (χ4v) is 1.19. The third-order valence-electron chi connectivity index (χ3n) is 1.73. The summed E-state index contributed by atoms with van der Waals surface area (Å²) in [4.78, 5) is 22.2. The molecule has 0 saturated heterocycles. The van der Waals surface area contributed by atoms with Gasteiger partial charge in [0.05, 0.1) is 11.0 Å². The SMILES string of the molecule is CCn1cc(NC(=O)CBr)ccc1=O. The number of hydrogen-bond acceptors (Lipinski definition) is 2. The van der Waals surface area contributed by atoms with Crippen molar-refractivity contribution < 1.29 is 4.79 Å². The zero-order valence-electron chi connectivity index (χ0n) is 7.79. The molecule has 5 heteroatoms. The summed E-state index contributed by atoms with van der Waals surface area (Å²) < 4.78 is 1.53. The van der Waals surface area contributed by atoms with Crippen molar-refractivity contribution in [3.8, 4) is 0 Å². The highest BCUT2D eigenvalue weighted by molar-refractivity contribution is 9.09. The lowest BCUT2D eigenvalue weighted by Crippen LogP contribution is -2.20. The van der Waals surface area contributed by atoms with E-state index in [1.54, 1.807) is 12.3 Å². The molecule has 1 rings (SSSR count). The monoisotopic (exact) mass is 258 g/mol. The van der Waals surface area contributed by atoms with E-state index in [1.807, 2.05) is 6.92 Å². The summed E-state index contributed by atoms with van der Waals surface area (Å²) in [6, 6.07) is 3.03. The van der Waals surface area contributed by atoms with E-state index in [1.165, 1.54) is 10.6 Å². The normalized spacial score (nSPS) is 9.86. The van der Waals surface area contributed by atoms with E-state index in [0.717, 1.165) is 0 Å². The van der Waals surface area contributed by atoms with Crippen molar-refractivity contribution >= 4 is 27.5 Å². The Kier molecular flexibility index (Phi) is 3.88. The van der Waals surface area contributed by atoms with Gasteiger partial charge in [-0.15, -0.1) is 0 Å². The molecular formula is C9H11BrN2O2. The van der Waals surface area contributed by atoms with E-state index in [0.29, 0.717) is 12.2 Å². The average molecular weight is 259 g/mol. The first-order chi connectivity index (χ1) is 6.67. The van der Waals surface area contributed by atoms with Crippen LogP contribution in [0, 0.1) is 0 Å². The first kappa shape index (κ1) is 11.0. The molecule has 0 aromatic carbocycles. The molecule has 0 fully saturated rings. The van der Waals surface area contributed by atoms with E-state index in [4.69, 9.17) is 0 Å². The van der Waals surface area contributed by atoms with Crippen LogP contribution in [0.2, 0.25) is 0 Å². The summed E-state index contributed by atoms with van der Waals surface area (Å²) in [5.41, 5.74) is 0.570. The number of pyridine rings is 1. The third-order valence-corrected chi connectivity index (χ3v) is 2.24. The van der Waals surface area contributed by atoms with Crippen molar-refractivity contribution in [1.29, 1.82) is 0 Å². The van der Waals surface area contributed by atoms with Gasteiger partial charge in [-0.1, -0.05) is 15.9 Å². The number of carbonyl (C=O) groups excluding carboxylic acids is 1. The summed E-state index contributed by atoms with van der Waals surface area (Å²) in [6.07, 6.45) is 1.63. The maximum atomic E-state index is 11.2. The third kappa shape index (κ3) is 2.70. The van der Waals surface area contributed by atoms with Crippen LogP contribution >= 0.6 is 15.9 Å². The number of anilines is 1. The van der Waals surface area contributed by atoms with Crippen molar-refractivity contribution in [3.05, 3.63) is 28.7 Å². The van der Waals surface area contributed by atoms with Crippen molar-refractivity contribution in [2.75, 3.05) is 10.6 Å². The Labute approximate surface area is 90.1 Å². The molecule has 0 radical (unpaired) electrons. The van der Waals surface area contributed by atoms with Gasteiger partial charge in [0.1, 0.15) is 0 Å². The van der Waals surface area contributed by atoms with Gasteiger partial charge in [0.15, 0.2) is 0 Å². The molecule has 0 aliphatic carbocycles. The lowest BCUT2D eigenvalue weighted by Gasteiger charge is -2.06. The number of carbonyl (C=O) groups is 1. The zero-order valence-corrected chi connectivity index (χ0v) is 9.37. The molecule has 1 N–H and O–H groups in total. The van der Waals surface area contributed by atoms with Crippen molar-refractivity contribution in [1.82, 2.24) is 4.57 Å². The van der Waals surface area contributed by atoms with Crippen molar-refractivity contribution in [2.24, 2.45) is 0 Å². The highest BCUT2D eigenvalue weighted by atomic mass is 79.9. The van der Waals surface area contributed by atoms with Gasteiger partial charge in [0.25, 0.3) is 5.56 Å². The van der Waals surface area contributed by atoms with E-state index in [2.05, 4.69) is 21.2 Å². The van der Waals surface area contributed by atoms with E-state index in [-0.39, 0.29) is 16.8 Å². The summed E-state index contributed by atoms with van der Waals surface area (Å²) in [6.45, 7) is 2.47. The van der Waals surface area contributed by atoms with Crippen LogP contribution < -0.4 is 10.9 Å². The molecule has 1 aromatic rings. The second-order valence-corrected chi connectivity index (χ2v) is 3.28. The van der Waals surface area contributed by atoms with E-state index >= 15 is 0 Å². The van der Waals surface area contributed by atoms with Gasteiger partial charge in [-0.2, -0.15) is 0 Å². The summed E-state index contributed by atoms with van der Waals surface area (Å²) in [7, 11) is 0. The molecule has 1 amide bonds. The molecule has 0 spiro atoms. The number of aromatic nitrogens is 1. The lowest BCUT2D eigenvalue weighted by molar-refractivity contribution is -0.113. The van der Waals surface area contributed by atoms with Crippen LogP contribution in [-0.2, 0) is 11.3 Å². The fourth-order valence-electron chi connectivity index (χ4n) is 1.05. The van der Waals surface area contributed by atoms with Gasteiger partial charge in [-0.05, 0) is 13.0 Å². The predicted molar refractivity (Wildman–Crippen MR) is 58.8 cm³/mol. The van der Waals surface area contributed by atoms with Crippen LogP contribution in [0.5, 0.6) is 0 Å². The first-order valence-corrected chi connectivity index (χ1v) is 5.36.